The maximum Gasteiger partial charge on any atom is 0.231 e. The van der Waals surface area contributed by atoms with E-state index in [1.165, 1.54) is 6.42 Å². The van der Waals surface area contributed by atoms with Crippen molar-refractivity contribution in [3.63, 3.8) is 0 Å². The minimum atomic E-state index is 0.300. The number of likely N-dealkylation sites (tertiary alicyclic amines) is 1. The van der Waals surface area contributed by atoms with E-state index in [9.17, 15) is 0 Å². The molecule has 0 saturated carbocycles. The number of rotatable bonds is 5. The molecule has 20 heavy (non-hydrogen) atoms. The zero-order valence-corrected chi connectivity index (χ0v) is 11.7. The monoisotopic (exact) mass is 278 g/mol. The van der Waals surface area contributed by atoms with Crippen LogP contribution >= 0.6 is 0 Å². The number of nitrogens with two attached hydrogens (primary N) is 1. The third-order valence-corrected chi connectivity index (χ3v) is 3.77. The third-order valence-electron chi connectivity index (χ3n) is 3.77. The van der Waals surface area contributed by atoms with Crippen LogP contribution in [0.15, 0.2) is 18.2 Å². The van der Waals surface area contributed by atoms with Gasteiger partial charge in [0, 0.05) is 25.2 Å². The highest BCUT2D eigenvalue weighted by Crippen LogP contribution is 2.35. The number of hydrogen-bond acceptors (Lipinski definition) is 5. The highest BCUT2D eigenvalue weighted by Gasteiger charge is 2.16. The molecule has 1 aromatic rings. The Kier molecular flexibility index (Phi) is 4.28. The number of hydrogen-bond donors (Lipinski definition) is 1. The van der Waals surface area contributed by atoms with Crippen molar-refractivity contribution in [3.8, 4) is 17.2 Å². The van der Waals surface area contributed by atoms with Crippen LogP contribution in [0, 0.1) is 0 Å². The van der Waals surface area contributed by atoms with Gasteiger partial charge in [-0.25, -0.2) is 0 Å². The molecule has 1 unspecified atom stereocenters. The Hall–Kier alpha value is -1.46. The minimum absolute atomic E-state index is 0.300. The van der Waals surface area contributed by atoms with Crippen LogP contribution in [0.5, 0.6) is 17.2 Å². The van der Waals surface area contributed by atoms with E-state index in [1.807, 2.05) is 18.2 Å². The Labute approximate surface area is 119 Å². The molecule has 110 valence electrons. The van der Waals surface area contributed by atoms with Gasteiger partial charge in [0.05, 0.1) is 6.61 Å². The molecule has 0 aromatic heterocycles. The Balaban J connectivity index is 1.39. The second-order valence-corrected chi connectivity index (χ2v) is 5.42. The Morgan fingerprint density at radius 1 is 1.30 bits per heavy atom. The van der Waals surface area contributed by atoms with E-state index in [2.05, 4.69) is 4.90 Å². The number of nitrogens with zero attached hydrogens (tertiary/aromatic N) is 1. The van der Waals surface area contributed by atoms with Crippen LogP contribution in [-0.4, -0.2) is 44.0 Å². The summed E-state index contributed by atoms with van der Waals surface area (Å²) in [6.07, 6.45) is 3.38. The molecular formula is C15H22N2O3. The molecule has 2 aliphatic rings. The number of fused-ring (bicyclic) bond motifs is 1. The van der Waals surface area contributed by atoms with Crippen molar-refractivity contribution in [3.05, 3.63) is 18.2 Å². The molecule has 2 heterocycles. The van der Waals surface area contributed by atoms with E-state index in [1.54, 1.807) is 0 Å². The second-order valence-electron chi connectivity index (χ2n) is 5.42. The van der Waals surface area contributed by atoms with Crippen LogP contribution < -0.4 is 19.9 Å². The van der Waals surface area contributed by atoms with Crippen molar-refractivity contribution in [1.29, 1.82) is 0 Å². The molecule has 5 nitrogen and oxygen atoms in total. The fraction of sp³-hybridized carbons (Fsp3) is 0.600. The topological polar surface area (TPSA) is 57.0 Å². The number of ether oxygens (including phenoxy) is 3. The summed E-state index contributed by atoms with van der Waals surface area (Å²) in [5, 5.41) is 0. The molecule has 1 saturated heterocycles. The van der Waals surface area contributed by atoms with Crippen molar-refractivity contribution in [2.75, 3.05) is 33.0 Å². The first-order valence-corrected chi connectivity index (χ1v) is 7.31. The summed E-state index contributed by atoms with van der Waals surface area (Å²) in [6, 6.07) is 6.05. The summed E-state index contributed by atoms with van der Waals surface area (Å²) >= 11 is 0. The quantitative estimate of drug-likeness (QED) is 0.829. The van der Waals surface area contributed by atoms with E-state index in [0.29, 0.717) is 19.4 Å². The lowest BCUT2D eigenvalue weighted by atomic mass is 10.1. The first kappa shape index (κ1) is 13.5. The lowest BCUT2D eigenvalue weighted by Gasteiger charge is -2.30. The van der Waals surface area contributed by atoms with Crippen LogP contribution in [0.2, 0.25) is 0 Å². The number of piperidine rings is 1. The van der Waals surface area contributed by atoms with Gasteiger partial charge in [0.1, 0.15) is 5.75 Å². The average molecular weight is 278 g/mol. The van der Waals surface area contributed by atoms with Crippen molar-refractivity contribution in [2.45, 2.75) is 25.3 Å². The lowest BCUT2D eigenvalue weighted by molar-refractivity contribution is 0.173. The molecule has 0 bridgehead atoms. The predicted octanol–water partition coefficient (Wildman–Crippen LogP) is 1.61. The Bertz CT molecular complexity index is 453. The van der Waals surface area contributed by atoms with Gasteiger partial charge in [-0.05, 0) is 37.9 Å². The van der Waals surface area contributed by atoms with Gasteiger partial charge in [-0.2, -0.15) is 0 Å². The highest BCUT2D eigenvalue weighted by atomic mass is 16.7. The van der Waals surface area contributed by atoms with Crippen molar-refractivity contribution >= 4 is 0 Å². The fourth-order valence-corrected chi connectivity index (χ4v) is 2.74. The van der Waals surface area contributed by atoms with Gasteiger partial charge in [-0.3, -0.25) is 0 Å². The molecule has 1 fully saturated rings. The van der Waals surface area contributed by atoms with Gasteiger partial charge in [0.15, 0.2) is 11.5 Å². The van der Waals surface area contributed by atoms with Crippen LogP contribution in [0.3, 0.4) is 0 Å². The first-order valence-electron chi connectivity index (χ1n) is 7.31. The summed E-state index contributed by atoms with van der Waals surface area (Å²) in [6.45, 7) is 4.25. The SMILES string of the molecule is NC1CCCN(CCCOc2ccc3c(c2)OCO3)C1. The summed E-state index contributed by atoms with van der Waals surface area (Å²) < 4.78 is 16.4. The van der Waals surface area contributed by atoms with Gasteiger partial charge >= 0.3 is 0 Å². The minimum Gasteiger partial charge on any atom is -0.493 e. The summed E-state index contributed by atoms with van der Waals surface area (Å²) in [5.41, 5.74) is 5.97. The third kappa shape index (κ3) is 3.35. The molecule has 5 heteroatoms. The molecule has 2 aliphatic heterocycles. The molecule has 0 amide bonds. The molecule has 1 aromatic carbocycles. The molecule has 0 spiro atoms. The maximum absolute atomic E-state index is 5.97. The molecule has 3 rings (SSSR count). The summed E-state index contributed by atoms with van der Waals surface area (Å²) in [7, 11) is 0. The normalized spacial score (nSPS) is 21.9. The predicted molar refractivity (Wildman–Crippen MR) is 76.3 cm³/mol. The smallest absolute Gasteiger partial charge is 0.231 e. The standard InChI is InChI=1S/C15H22N2O3/c16-12-3-1-6-17(10-12)7-2-8-18-13-4-5-14-15(9-13)20-11-19-14/h4-5,9,12H,1-3,6-8,10-11,16H2. The first-order chi connectivity index (χ1) is 9.81. The van der Waals surface area contributed by atoms with Crippen molar-refractivity contribution in [2.24, 2.45) is 5.73 Å². The molecule has 1 atom stereocenters. The zero-order chi connectivity index (χ0) is 13.8. The molecule has 0 radical (unpaired) electrons. The Morgan fingerprint density at radius 2 is 2.20 bits per heavy atom. The van der Waals surface area contributed by atoms with Gasteiger partial charge in [-0.1, -0.05) is 0 Å². The lowest BCUT2D eigenvalue weighted by Crippen LogP contribution is -2.43. The largest absolute Gasteiger partial charge is 0.493 e. The molecular weight excluding hydrogens is 256 g/mol. The van der Waals surface area contributed by atoms with Crippen LogP contribution in [0.1, 0.15) is 19.3 Å². The second kappa shape index (κ2) is 6.33. The van der Waals surface area contributed by atoms with Crippen molar-refractivity contribution < 1.29 is 14.2 Å². The number of benzene rings is 1. The summed E-state index contributed by atoms with van der Waals surface area (Å²) in [5.74, 6) is 2.40. The van der Waals surface area contributed by atoms with Gasteiger partial charge in [0.2, 0.25) is 6.79 Å². The summed E-state index contributed by atoms with van der Waals surface area (Å²) in [4.78, 5) is 2.43. The fourth-order valence-electron chi connectivity index (χ4n) is 2.74. The van der Waals surface area contributed by atoms with E-state index >= 15 is 0 Å². The van der Waals surface area contributed by atoms with E-state index in [0.717, 1.165) is 49.7 Å². The molecule has 2 N–H and O–H groups in total. The van der Waals surface area contributed by atoms with Crippen LogP contribution in [-0.2, 0) is 0 Å². The van der Waals surface area contributed by atoms with Crippen molar-refractivity contribution in [1.82, 2.24) is 4.90 Å². The zero-order valence-electron chi connectivity index (χ0n) is 11.7. The van der Waals surface area contributed by atoms with Gasteiger partial charge in [0.25, 0.3) is 0 Å². The van der Waals surface area contributed by atoms with Crippen LogP contribution in [0.4, 0.5) is 0 Å². The molecule has 0 aliphatic carbocycles. The van der Waals surface area contributed by atoms with E-state index in [-0.39, 0.29) is 0 Å². The van der Waals surface area contributed by atoms with Gasteiger partial charge < -0.3 is 24.8 Å². The van der Waals surface area contributed by atoms with Crippen LogP contribution in [0.25, 0.3) is 0 Å². The van der Waals surface area contributed by atoms with Gasteiger partial charge in [-0.15, -0.1) is 0 Å². The maximum atomic E-state index is 5.97. The Morgan fingerprint density at radius 3 is 3.10 bits per heavy atom. The highest BCUT2D eigenvalue weighted by molar-refractivity contribution is 5.46. The van der Waals surface area contributed by atoms with E-state index < -0.39 is 0 Å². The average Bonchev–Trinajstić information content (AvgIpc) is 2.91. The van der Waals surface area contributed by atoms with E-state index in [4.69, 9.17) is 19.9 Å².